The zero-order valence-electron chi connectivity index (χ0n) is 23.6. The maximum Gasteiger partial charge on any atom is 0.338 e. The van der Waals surface area contributed by atoms with Crippen LogP contribution in [0.2, 0.25) is 0 Å². The molecule has 0 unspecified atom stereocenters. The molecule has 0 aromatic heterocycles. The van der Waals surface area contributed by atoms with Gasteiger partial charge in [-0.3, -0.25) is 0 Å². The van der Waals surface area contributed by atoms with Crippen molar-refractivity contribution in [3.8, 4) is 28.0 Å². The number of carbonyl (C=O) groups is 1. The van der Waals surface area contributed by atoms with Crippen LogP contribution in [-0.4, -0.2) is 17.7 Å². The van der Waals surface area contributed by atoms with Gasteiger partial charge in [-0.1, -0.05) is 87.9 Å². The molecule has 0 fully saturated rings. The summed E-state index contributed by atoms with van der Waals surface area (Å²) in [7, 11) is 0. The number of hydrogen-bond acceptors (Lipinski definition) is 3. The fraction of sp³-hybridized carbons (Fsp3) is 0.306. The van der Waals surface area contributed by atoms with Gasteiger partial charge in [0.05, 0.1) is 0 Å². The van der Waals surface area contributed by atoms with Gasteiger partial charge in [0.2, 0.25) is 0 Å². The van der Waals surface area contributed by atoms with E-state index in [1.165, 1.54) is 46.9 Å². The number of carbonyl (C=O) groups excluding carboxylic acids is 1. The molecule has 202 valence electrons. The summed E-state index contributed by atoms with van der Waals surface area (Å²) in [6.07, 6.45) is 7.19. The highest BCUT2D eigenvalue weighted by Gasteiger charge is 2.13. The summed E-state index contributed by atoms with van der Waals surface area (Å²) >= 11 is 0. The van der Waals surface area contributed by atoms with E-state index in [4.69, 9.17) is 4.74 Å². The van der Waals surface area contributed by atoms with Crippen molar-refractivity contribution in [2.75, 3.05) is 6.61 Å². The number of benzene rings is 4. The molecular formula is C36H40O3. The molecule has 4 aromatic carbocycles. The summed E-state index contributed by atoms with van der Waals surface area (Å²) in [5.41, 5.74) is 8.68. The monoisotopic (exact) mass is 520 g/mol. The number of unbranched alkanes of at least 4 members (excludes halogenated alkanes) is 2. The summed E-state index contributed by atoms with van der Waals surface area (Å²) in [5.74, 6) is 0.0820. The van der Waals surface area contributed by atoms with Crippen molar-refractivity contribution in [2.45, 2.75) is 65.7 Å². The minimum Gasteiger partial charge on any atom is -0.423 e. The van der Waals surface area contributed by atoms with Gasteiger partial charge in [0.1, 0.15) is 5.75 Å². The maximum atomic E-state index is 12.3. The Balaban J connectivity index is 1.63. The van der Waals surface area contributed by atoms with E-state index in [2.05, 4.69) is 81.1 Å². The third-order valence-corrected chi connectivity index (χ3v) is 7.33. The van der Waals surface area contributed by atoms with Gasteiger partial charge < -0.3 is 9.84 Å². The highest BCUT2D eigenvalue weighted by atomic mass is 16.5. The zero-order valence-corrected chi connectivity index (χ0v) is 23.6. The van der Waals surface area contributed by atoms with Gasteiger partial charge in [0, 0.05) is 12.2 Å². The maximum absolute atomic E-state index is 12.3. The lowest BCUT2D eigenvalue weighted by Crippen LogP contribution is -2.10. The Labute approximate surface area is 233 Å². The average molecular weight is 521 g/mol. The van der Waals surface area contributed by atoms with Gasteiger partial charge in [0.15, 0.2) is 0 Å². The predicted octanol–water partition coefficient (Wildman–Crippen LogP) is 8.88. The number of ether oxygens (including phenoxy) is 1. The summed E-state index contributed by atoms with van der Waals surface area (Å²) in [6.45, 7) is 9.92. The molecule has 0 aliphatic rings. The molecule has 0 atom stereocenters. The molecular weight excluding hydrogens is 480 g/mol. The Morgan fingerprint density at radius 3 is 2.15 bits per heavy atom. The number of aliphatic hydroxyl groups is 1. The molecule has 4 aromatic rings. The summed E-state index contributed by atoms with van der Waals surface area (Å²) in [5, 5.41) is 11.6. The van der Waals surface area contributed by atoms with Crippen molar-refractivity contribution in [3.63, 3.8) is 0 Å². The molecule has 0 saturated carbocycles. The lowest BCUT2D eigenvalue weighted by atomic mass is 9.92. The van der Waals surface area contributed by atoms with E-state index in [9.17, 15) is 9.90 Å². The molecule has 0 radical (unpaired) electrons. The van der Waals surface area contributed by atoms with Gasteiger partial charge in [-0.15, -0.1) is 0 Å². The van der Waals surface area contributed by atoms with Gasteiger partial charge in [0.25, 0.3) is 0 Å². The van der Waals surface area contributed by atoms with Gasteiger partial charge in [-0.25, -0.2) is 4.79 Å². The second-order valence-electron chi connectivity index (χ2n) is 10.4. The second-order valence-corrected chi connectivity index (χ2v) is 10.4. The molecule has 0 aliphatic heterocycles. The van der Waals surface area contributed by atoms with Crippen LogP contribution in [0.25, 0.3) is 33.0 Å². The van der Waals surface area contributed by atoms with Crippen LogP contribution >= 0.6 is 0 Å². The SMILES string of the molecule is C=C(C)C(=O)Oc1cc(-c2ccc3cc(-c4ccc(CCCCC)cc4CC)ccc3c2)ccc1CCCO. The summed E-state index contributed by atoms with van der Waals surface area (Å²) in [4.78, 5) is 12.3. The molecule has 0 saturated heterocycles. The highest BCUT2D eigenvalue weighted by molar-refractivity contribution is 5.92. The molecule has 0 bridgehead atoms. The normalized spacial score (nSPS) is 11.1. The molecule has 0 heterocycles. The fourth-order valence-electron chi connectivity index (χ4n) is 5.04. The third kappa shape index (κ3) is 7.04. The Hall–Kier alpha value is -3.69. The number of esters is 1. The van der Waals surface area contributed by atoms with Crippen LogP contribution in [0.1, 0.15) is 63.1 Å². The first-order valence-electron chi connectivity index (χ1n) is 14.2. The topological polar surface area (TPSA) is 46.5 Å². The fourth-order valence-corrected chi connectivity index (χ4v) is 5.04. The number of aryl methyl sites for hydroxylation is 3. The van der Waals surface area contributed by atoms with Gasteiger partial charge in [-0.2, -0.15) is 0 Å². The van der Waals surface area contributed by atoms with Crippen LogP contribution in [0.3, 0.4) is 0 Å². The first-order chi connectivity index (χ1) is 18.9. The third-order valence-electron chi connectivity index (χ3n) is 7.33. The number of aliphatic hydroxyl groups excluding tert-OH is 1. The van der Waals surface area contributed by atoms with E-state index in [-0.39, 0.29) is 6.61 Å². The van der Waals surface area contributed by atoms with E-state index < -0.39 is 5.97 Å². The van der Waals surface area contributed by atoms with Crippen LogP contribution in [0.4, 0.5) is 0 Å². The average Bonchev–Trinajstić information content (AvgIpc) is 2.95. The Bertz CT molecular complexity index is 1460. The number of fused-ring (bicyclic) bond motifs is 1. The van der Waals surface area contributed by atoms with Gasteiger partial charge >= 0.3 is 5.97 Å². The Morgan fingerprint density at radius 1 is 0.769 bits per heavy atom. The van der Waals surface area contributed by atoms with Crippen molar-refractivity contribution in [2.24, 2.45) is 0 Å². The van der Waals surface area contributed by atoms with Crippen LogP contribution < -0.4 is 4.74 Å². The summed E-state index contributed by atoms with van der Waals surface area (Å²) in [6, 6.07) is 26.1. The van der Waals surface area contributed by atoms with E-state index in [1.54, 1.807) is 6.92 Å². The van der Waals surface area contributed by atoms with Crippen LogP contribution in [0.5, 0.6) is 5.75 Å². The lowest BCUT2D eigenvalue weighted by molar-refractivity contribution is -0.130. The van der Waals surface area contributed by atoms with Crippen molar-refractivity contribution in [1.82, 2.24) is 0 Å². The second kappa shape index (κ2) is 13.4. The molecule has 1 N–H and O–H groups in total. The largest absolute Gasteiger partial charge is 0.423 e. The van der Waals surface area contributed by atoms with Gasteiger partial charge in [-0.05, 0) is 107 Å². The standard InChI is InChI=1S/C36H40O3/c1-5-7-8-10-26-12-19-34(27(6-2)21-26)33-18-17-29-22-30(15-16-31(29)23-33)32-14-13-28(11-9-20-37)35(24-32)39-36(38)25(3)4/h12-19,21-24,37H,3,5-11,20H2,1-2,4H3. The lowest BCUT2D eigenvalue weighted by Gasteiger charge is -2.14. The Morgan fingerprint density at radius 2 is 1.46 bits per heavy atom. The van der Waals surface area contributed by atoms with Crippen LogP contribution in [0, 0.1) is 0 Å². The minimum atomic E-state index is -0.441. The molecule has 0 spiro atoms. The first-order valence-corrected chi connectivity index (χ1v) is 14.2. The number of rotatable bonds is 12. The molecule has 0 aliphatic carbocycles. The molecule has 4 rings (SSSR count). The predicted molar refractivity (Wildman–Crippen MR) is 163 cm³/mol. The van der Waals surface area contributed by atoms with Crippen LogP contribution in [-0.2, 0) is 24.1 Å². The van der Waals surface area contributed by atoms with Crippen LogP contribution in [0.15, 0.2) is 84.9 Å². The van der Waals surface area contributed by atoms with Crippen molar-refractivity contribution < 1.29 is 14.6 Å². The van der Waals surface area contributed by atoms with E-state index in [0.717, 1.165) is 34.9 Å². The van der Waals surface area contributed by atoms with E-state index in [1.807, 2.05) is 12.1 Å². The highest BCUT2D eigenvalue weighted by Crippen LogP contribution is 2.33. The number of hydrogen-bond donors (Lipinski definition) is 1. The molecule has 3 heteroatoms. The van der Waals surface area contributed by atoms with Crippen molar-refractivity contribution >= 4 is 16.7 Å². The Kier molecular flexibility index (Phi) is 9.73. The zero-order chi connectivity index (χ0) is 27.8. The van der Waals surface area contributed by atoms with Crippen molar-refractivity contribution in [3.05, 3.63) is 102 Å². The first kappa shape index (κ1) is 28.3. The molecule has 3 nitrogen and oxygen atoms in total. The van der Waals surface area contributed by atoms with E-state index >= 15 is 0 Å². The smallest absolute Gasteiger partial charge is 0.338 e. The minimum absolute atomic E-state index is 0.0884. The van der Waals surface area contributed by atoms with E-state index in [0.29, 0.717) is 24.2 Å². The molecule has 0 amide bonds. The van der Waals surface area contributed by atoms with Crippen molar-refractivity contribution in [1.29, 1.82) is 0 Å². The summed E-state index contributed by atoms with van der Waals surface area (Å²) < 4.78 is 5.66. The quantitative estimate of drug-likeness (QED) is 0.0878. The molecule has 39 heavy (non-hydrogen) atoms.